The van der Waals surface area contributed by atoms with Crippen LogP contribution in [0, 0.1) is 0 Å². The Morgan fingerprint density at radius 1 is 1.03 bits per heavy atom. The molecule has 7 nitrogen and oxygen atoms in total. The fraction of sp³-hybridized carbons (Fsp3) is 0.333. The lowest BCUT2D eigenvalue weighted by atomic mass is 10.1. The zero-order chi connectivity index (χ0) is 23.7. The molecule has 32 heavy (non-hydrogen) atoms. The molecule has 174 valence electrons. The maximum absolute atomic E-state index is 12.4. The van der Waals surface area contributed by atoms with E-state index in [0.717, 1.165) is 35.4 Å². The number of carbonyl (C=O) groups is 1. The smallest absolute Gasteiger partial charge is 0.269 e. The number of carbonyl (C=O) groups excluding carboxylic acids is 1. The molecular formula is C21H23Br4N3O4. The number of nitrogens with one attached hydrogen (secondary N) is 1. The Labute approximate surface area is 220 Å². The van der Waals surface area contributed by atoms with E-state index in [9.17, 15) is 10.0 Å². The molecule has 2 aromatic rings. The van der Waals surface area contributed by atoms with Crippen molar-refractivity contribution >= 4 is 75.3 Å². The number of methoxy groups -OCH3 is 1. The maximum atomic E-state index is 12.4. The fourth-order valence-electron chi connectivity index (χ4n) is 2.88. The molecule has 0 fully saturated rings. The van der Waals surface area contributed by atoms with Gasteiger partial charge in [-0.05, 0) is 118 Å². The van der Waals surface area contributed by atoms with Gasteiger partial charge < -0.3 is 25.7 Å². The lowest BCUT2D eigenvalue weighted by Crippen LogP contribution is -2.33. The van der Waals surface area contributed by atoms with E-state index in [0.29, 0.717) is 37.6 Å². The maximum Gasteiger partial charge on any atom is 0.269 e. The third-order valence-corrected chi connectivity index (χ3v) is 6.72. The number of amides is 1. The zero-order valence-electron chi connectivity index (χ0n) is 17.3. The lowest BCUT2D eigenvalue weighted by Gasteiger charge is -2.13. The molecule has 0 aliphatic heterocycles. The number of nitrogens with zero attached hydrogens (tertiary/aromatic N) is 1. The molecule has 4 N–H and O–H groups in total. The van der Waals surface area contributed by atoms with Gasteiger partial charge in [0.15, 0.2) is 0 Å². The highest BCUT2D eigenvalue weighted by atomic mass is 79.9. The zero-order valence-corrected chi connectivity index (χ0v) is 23.6. The topological polar surface area (TPSA) is 106 Å². The van der Waals surface area contributed by atoms with Crippen LogP contribution in [0.1, 0.15) is 17.5 Å². The predicted molar refractivity (Wildman–Crippen MR) is 139 cm³/mol. The number of oxime groups is 1. The van der Waals surface area contributed by atoms with E-state index < -0.39 is 5.91 Å². The van der Waals surface area contributed by atoms with Gasteiger partial charge in [-0.1, -0.05) is 5.16 Å². The van der Waals surface area contributed by atoms with Crippen LogP contribution < -0.4 is 20.5 Å². The second-order valence-electron chi connectivity index (χ2n) is 6.70. The highest BCUT2D eigenvalue weighted by molar-refractivity contribution is 9.11. The summed E-state index contributed by atoms with van der Waals surface area (Å²) < 4.78 is 14.2. The van der Waals surface area contributed by atoms with Gasteiger partial charge >= 0.3 is 0 Å². The van der Waals surface area contributed by atoms with E-state index in [1.54, 1.807) is 7.11 Å². The van der Waals surface area contributed by atoms with Crippen LogP contribution in [0.3, 0.4) is 0 Å². The highest BCUT2D eigenvalue weighted by Crippen LogP contribution is 2.35. The molecule has 0 bridgehead atoms. The molecule has 2 rings (SSSR count). The molecule has 11 heteroatoms. The van der Waals surface area contributed by atoms with Crippen LogP contribution >= 0.6 is 63.7 Å². The Morgan fingerprint density at radius 2 is 1.59 bits per heavy atom. The van der Waals surface area contributed by atoms with Gasteiger partial charge in [-0.2, -0.15) is 0 Å². The minimum absolute atomic E-state index is 0.0101. The Kier molecular flexibility index (Phi) is 11.5. The molecule has 0 unspecified atom stereocenters. The van der Waals surface area contributed by atoms with Crippen LogP contribution in [-0.2, 0) is 17.6 Å². The van der Waals surface area contributed by atoms with Gasteiger partial charge in [0, 0.05) is 13.0 Å². The van der Waals surface area contributed by atoms with Crippen LogP contribution in [0.25, 0.3) is 0 Å². The summed E-state index contributed by atoms with van der Waals surface area (Å²) in [6.07, 6.45) is 1.52. The van der Waals surface area contributed by atoms with Gasteiger partial charge in [0.1, 0.15) is 17.2 Å². The summed E-state index contributed by atoms with van der Waals surface area (Å²) >= 11 is 13.9. The van der Waals surface area contributed by atoms with E-state index in [1.165, 1.54) is 0 Å². The van der Waals surface area contributed by atoms with Crippen molar-refractivity contribution in [1.29, 1.82) is 0 Å². The van der Waals surface area contributed by atoms with E-state index in [4.69, 9.17) is 15.2 Å². The standard InChI is InChI=1S/C21H23Br4N3O4/c1-31-19-14(22)9-13(10-15(19)23)11-18(28-30)21(29)27-5-2-6-32-20-16(24)7-12(3-4-26)8-17(20)25/h7-10,30H,2-6,11,26H2,1H3,(H,27,29)/b28-18+. The molecule has 2 aromatic carbocycles. The Bertz CT molecular complexity index is 940. The van der Waals surface area contributed by atoms with Crippen molar-refractivity contribution in [3.63, 3.8) is 0 Å². The second kappa shape index (κ2) is 13.5. The summed E-state index contributed by atoms with van der Waals surface area (Å²) in [7, 11) is 1.57. The largest absolute Gasteiger partial charge is 0.494 e. The Balaban J connectivity index is 1.85. The monoisotopic (exact) mass is 697 g/mol. The molecule has 0 spiro atoms. The number of hydrogen-bond acceptors (Lipinski definition) is 6. The van der Waals surface area contributed by atoms with Crippen LogP contribution in [0.2, 0.25) is 0 Å². The van der Waals surface area contributed by atoms with Gasteiger partial charge in [-0.25, -0.2) is 0 Å². The first-order valence-corrected chi connectivity index (χ1v) is 12.8. The summed E-state index contributed by atoms with van der Waals surface area (Å²) in [5, 5.41) is 15.2. The number of hydrogen-bond donors (Lipinski definition) is 3. The summed E-state index contributed by atoms with van der Waals surface area (Å²) in [6, 6.07) is 7.58. The third-order valence-electron chi connectivity index (χ3n) is 4.36. The Hall–Kier alpha value is -1.14. The first-order chi connectivity index (χ1) is 15.3. The summed E-state index contributed by atoms with van der Waals surface area (Å²) in [6.45, 7) is 1.34. The van der Waals surface area contributed by atoms with Crippen molar-refractivity contribution in [2.75, 3.05) is 26.8 Å². The number of nitrogens with two attached hydrogens (primary N) is 1. The van der Waals surface area contributed by atoms with Crippen molar-refractivity contribution in [2.24, 2.45) is 10.9 Å². The quantitative estimate of drug-likeness (QED) is 0.129. The normalized spacial score (nSPS) is 11.4. The van der Waals surface area contributed by atoms with Crippen molar-refractivity contribution in [3.05, 3.63) is 53.3 Å². The number of rotatable bonds is 11. The molecule has 0 saturated carbocycles. The molecule has 0 aliphatic rings. The lowest BCUT2D eigenvalue weighted by molar-refractivity contribution is -0.115. The summed E-state index contributed by atoms with van der Waals surface area (Å²) in [4.78, 5) is 12.4. The third kappa shape index (κ3) is 7.72. The molecule has 0 radical (unpaired) electrons. The Morgan fingerprint density at radius 3 is 2.12 bits per heavy atom. The molecule has 0 aromatic heterocycles. The number of halogens is 4. The van der Waals surface area contributed by atoms with Crippen molar-refractivity contribution in [1.82, 2.24) is 5.32 Å². The second-order valence-corrected chi connectivity index (χ2v) is 10.1. The van der Waals surface area contributed by atoms with Crippen molar-refractivity contribution < 1.29 is 19.5 Å². The minimum Gasteiger partial charge on any atom is -0.494 e. The van der Waals surface area contributed by atoms with E-state index in [-0.39, 0.29) is 12.1 Å². The van der Waals surface area contributed by atoms with E-state index >= 15 is 0 Å². The van der Waals surface area contributed by atoms with E-state index in [1.807, 2.05) is 24.3 Å². The van der Waals surface area contributed by atoms with Gasteiger partial charge in [-0.15, -0.1) is 0 Å². The fourth-order valence-corrected chi connectivity index (χ4v) is 5.99. The number of benzene rings is 2. The average molecular weight is 701 g/mol. The van der Waals surface area contributed by atoms with Crippen LogP contribution in [0.4, 0.5) is 0 Å². The van der Waals surface area contributed by atoms with E-state index in [2.05, 4.69) is 74.2 Å². The molecular weight excluding hydrogens is 678 g/mol. The average Bonchev–Trinajstić information content (AvgIpc) is 2.73. The molecule has 0 saturated heterocycles. The summed E-state index contributed by atoms with van der Waals surface area (Å²) in [5.74, 6) is 0.905. The van der Waals surface area contributed by atoms with Crippen LogP contribution in [-0.4, -0.2) is 43.6 Å². The first kappa shape index (κ1) is 27.1. The minimum atomic E-state index is -0.441. The van der Waals surface area contributed by atoms with Crippen LogP contribution in [0.15, 0.2) is 47.3 Å². The molecule has 1 amide bonds. The molecule has 0 atom stereocenters. The number of ether oxygens (including phenoxy) is 2. The van der Waals surface area contributed by atoms with Crippen LogP contribution in [0.5, 0.6) is 11.5 Å². The molecule has 0 aliphatic carbocycles. The van der Waals surface area contributed by atoms with Crippen molar-refractivity contribution in [3.8, 4) is 11.5 Å². The predicted octanol–water partition coefficient (Wildman–Crippen LogP) is 5.20. The van der Waals surface area contributed by atoms with Gasteiger partial charge in [0.05, 0.1) is 31.6 Å². The van der Waals surface area contributed by atoms with Gasteiger partial charge in [0.25, 0.3) is 5.91 Å². The molecule has 0 heterocycles. The first-order valence-electron chi connectivity index (χ1n) is 9.62. The summed E-state index contributed by atoms with van der Waals surface area (Å²) in [5.41, 5.74) is 7.51. The van der Waals surface area contributed by atoms with Gasteiger partial charge in [0.2, 0.25) is 0 Å². The van der Waals surface area contributed by atoms with Gasteiger partial charge in [-0.3, -0.25) is 4.79 Å². The SMILES string of the molecule is COc1c(Br)cc(C/C(=N\O)C(=O)NCCCOc2c(Br)cc(CCN)cc2Br)cc1Br. The highest BCUT2D eigenvalue weighted by Gasteiger charge is 2.16. The van der Waals surface area contributed by atoms with Crippen molar-refractivity contribution in [2.45, 2.75) is 19.3 Å².